The van der Waals surface area contributed by atoms with Crippen molar-refractivity contribution in [3.8, 4) is 21.1 Å². The van der Waals surface area contributed by atoms with Gasteiger partial charge >= 0.3 is 0 Å². The Labute approximate surface area is 193 Å². The lowest BCUT2D eigenvalue weighted by molar-refractivity contribution is 0.123. The first-order chi connectivity index (χ1) is 15.5. The molecule has 0 bridgehead atoms. The number of fused-ring (bicyclic) bond motifs is 1. The summed E-state index contributed by atoms with van der Waals surface area (Å²) in [6.07, 6.45) is 10.8. The number of allylic oxidation sites excluding steroid dienone is 1. The Balaban J connectivity index is 1.82. The van der Waals surface area contributed by atoms with E-state index in [0.717, 1.165) is 57.5 Å². The van der Waals surface area contributed by atoms with Crippen LogP contribution in [0.15, 0.2) is 55.4 Å². The van der Waals surface area contributed by atoms with E-state index in [4.69, 9.17) is 9.72 Å². The first-order valence-electron chi connectivity index (χ1n) is 11.0. The van der Waals surface area contributed by atoms with E-state index in [1.54, 1.807) is 23.6 Å². The molecule has 0 aromatic carbocycles. The van der Waals surface area contributed by atoms with Crippen LogP contribution in [0.1, 0.15) is 42.5 Å². The molecule has 4 rings (SSSR count). The van der Waals surface area contributed by atoms with E-state index in [-0.39, 0.29) is 6.10 Å². The molecule has 0 spiro atoms. The van der Waals surface area contributed by atoms with Gasteiger partial charge in [-0.05, 0) is 69.9 Å². The molecule has 1 aliphatic carbocycles. The van der Waals surface area contributed by atoms with Crippen LogP contribution in [0.3, 0.4) is 0 Å². The van der Waals surface area contributed by atoms with E-state index >= 15 is 0 Å². The maximum Gasteiger partial charge on any atom is 0.125 e. The predicted octanol–water partition coefficient (Wildman–Crippen LogP) is 6.58. The van der Waals surface area contributed by atoms with Gasteiger partial charge in [-0.15, -0.1) is 17.9 Å². The molecule has 0 saturated heterocycles. The molecule has 0 saturated carbocycles. The number of aromatic nitrogens is 4. The normalized spacial score (nSPS) is 15.3. The Morgan fingerprint density at radius 1 is 1.22 bits per heavy atom. The molecule has 1 atom stereocenters. The van der Waals surface area contributed by atoms with Gasteiger partial charge in [-0.3, -0.25) is 4.98 Å². The summed E-state index contributed by atoms with van der Waals surface area (Å²) in [7, 11) is 0. The van der Waals surface area contributed by atoms with Gasteiger partial charge in [0, 0.05) is 29.3 Å². The number of nitrogens with zero attached hydrogens (tertiary/aromatic N) is 2. The molecular formula is C26H30N4OS. The van der Waals surface area contributed by atoms with Gasteiger partial charge in [0.1, 0.15) is 5.01 Å². The zero-order chi connectivity index (χ0) is 22.5. The van der Waals surface area contributed by atoms with E-state index in [9.17, 15) is 0 Å². The van der Waals surface area contributed by atoms with Gasteiger partial charge < -0.3 is 14.7 Å². The van der Waals surface area contributed by atoms with E-state index < -0.39 is 0 Å². The highest BCUT2D eigenvalue weighted by Gasteiger charge is 2.18. The third-order valence-corrected chi connectivity index (χ3v) is 6.71. The molecule has 1 unspecified atom stereocenters. The molecule has 6 heteroatoms. The Morgan fingerprint density at radius 3 is 2.88 bits per heavy atom. The first-order valence-corrected chi connectivity index (χ1v) is 11.8. The van der Waals surface area contributed by atoms with Gasteiger partial charge in [0.05, 0.1) is 34.7 Å². The number of hydrogen-bond acceptors (Lipinski definition) is 4. The van der Waals surface area contributed by atoms with Crippen molar-refractivity contribution in [2.24, 2.45) is 0 Å². The number of ether oxygens (including phenoxy) is 1. The van der Waals surface area contributed by atoms with Crippen LogP contribution in [0, 0.1) is 13.8 Å². The van der Waals surface area contributed by atoms with Crippen molar-refractivity contribution in [3.63, 3.8) is 0 Å². The number of thiazole rings is 1. The highest BCUT2D eigenvalue weighted by Crippen LogP contribution is 2.35. The topological polar surface area (TPSA) is 66.6 Å². The fourth-order valence-corrected chi connectivity index (χ4v) is 4.99. The average Bonchev–Trinajstić information content (AvgIpc) is 3.17. The molecule has 3 aromatic heterocycles. The van der Waals surface area contributed by atoms with Crippen molar-refractivity contribution in [1.82, 2.24) is 19.9 Å². The highest BCUT2D eigenvalue weighted by atomic mass is 32.1. The minimum atomic E-state index is 0.0217. The van der Waals surface area contributed by atoms with Gasteiger partial charge in [0.25, 0.3) is 0 Å². The van der Waals surface area contributed by atoms with Crippen LogP contribution in [0.2, 0.25) is 0 Å². The van der Waals surface area contributed by atoms with Crippen LogP contribution in [0.4, 0.5) is 0 Å². The van der Waals surface area contributed by atoms with E-state index in [2.05, 4.69) is 66.6 Å². The van der Waals surface area contributed by atoms with Crippen molar-refractivity contribution in [2.75, 3.05) is 6.61 Å². The second-order valence-electron chi connectivity index (χ2n) is 8.08. The SMILES string of the molecule is C=CCOC(C)/C=C1\CCCc2[nH]c(C)ccc(-c3sc(-c4cccnc4)nc3C)[nH]c21. The zero-order valence-corrected chi connectivity index (χ0v) is 19.8. The van der Waals surface area contributed by atoms with Gasteiger partial charge in [0.2, 0.25) is 0 Å². The van der Waals surface area contributed by atoms with Crippen LogP contribution in [-0.2, 0) is 11.2 Å². The quantitative estimate of drug-likeness (QED) is 0.420. The van der Waals surface area contributed by atoms with Gasteiger partial charge in [-0.1, -0.05) is 12.2 Å². The molecular weight excluding hydrogens is 416 g/mol. The number of nitrogens with one attached hydrogen (secondary N) is 2. The summed E-state index contributed by atoms with van der Waals surface area (Å²) in [4.78, 5) is 17.6. The van der Waals surface area contributed by atoms with Crippen LogP contribution in [0.25, 0.3) is 26.7 Å². The Kier molecular flexibility index (Phi) is 7.02. The standard InChI is InChI=1S/C26H30N4OS/c1-5-14-31-18(3)15-20-8-6-10-22-24(20)30-23(12-11-17(2)28-22)25-19(4)29-26(32-25)21-9-7-13-27-16-21/h5,7,9,11-13,15-16,18,28,30H,1,6,8,10,14H2,2-4H3/b17-11?,20-15+,23-12?. The Hall–Kier alpha value is -2.96. The monoisotopic (exact) mass is 446 g/mol. The molecule has 0 radical (unpaired) electrons. The van der Waals surface area contributed by atoms with E-state index in [0.29, 0.717) is 6.61 Å². The fourth-order valence-electron chi connectivity index (χ4n) is 3.95. The van der Waals surface area contributed by atoms with E-state index in [1.165, 1.54) is 11.3 Å². The zero-order valence-electron chi connectivity index (χ0n) is 18.9. The molecule has 5 nitrogen and oxygen atoms in total. The fraction of sp³-hybridized carbons (Fsp3) is 0.308. The number of H-pyrrole nitrogens is 2. The minimum absolute atomic E-state index is 0.0217. The van der Waals surface area contributed by atoms with Crippen LogP contribution in [0.5, 0.6) is 0 Å². The minimum Gasteiger partial charge on any atom is -0.370 e. The molecule has 1 aliphatic rings. The Morgan fingerprint density at radius 2 is 2.09 bits per heavy atom. The number of hydrogen-bond donors (Lipinski definition) is 2. The van der Waals surface area contributed by atoms with Crippen molar-refractivity contribution in [2.45, 2.75) is 46.1 Å². The van der Waals surface area contributed by atoms with Gasteiger partial charge in [-0.2, -0.15) is 0 Å². The average molecular weight is 447 g/mol. The lowest BCUT2D eigenvalue weighted by atomic mass is 9.93. The summed E-state index contributed by atoms with van der Waals surface area (Å²) in [5.74, 6) is 0. The molecule has 3 heterocycles. The van der Waals surface area contributed by atoms with Gasteiger partial charge in [0.15, 0.2) is 0 Å². The first kappa shape index (κ1) is 22.2. The third-order valence-electron chi connectivity index (χ3n) is 5.47. The third kappa shape index (κ3) is 5.09. The largest absolute Gasteiger partial charge is 0.370 e. The molecule has 0 fully saturated rings. The molecule has 32 heavy (non-hydrogen) atoms. The van der Waals surface area contributed by atoms with Crippen molar-refractivity contribution >= 4 is 16.9 Å². The van der Waals surface area contributed by atoms with Crippen LogP contribution < -0.4 is 0 Å². The maximum atomic E-state index is 5.83. The number of aromatic amines is 2. The molecule has 166 valence electrons. The highest BCUT2D eigenvalue weighted by molar-refractivity contribution is 7.18. The van der Waals surface area contributed by atoms with Crippen molar-refractivity contribution in [1.29, 1.82) is 0 Å². The lowest BCUT2D eigenvalue weighted by Crippen LogP contribution is -2.11. The summed E-state index contributed by atoms with van der Waals surface area (Å²) in [5.41, 5.74) is 7.91. The summed E-state index contributed by atoms with van der Waals surface area (Å²) in [5, 5.41) is 0.981. The summed E-state index contributed by atoms with van der Waals surface area (Å²) < 4.78 is 5.83. The second-order valence-corrected chi connectivity index (χ2v) is 9.08. The summed E-state index contributed by atoms with van der Waals surface area (Å²) in [6, 6.07) is 8.27. The van der Waals surface area contributed by atoms with Crippen molar-refractivity contribution < 1.29 is 4.74 Å². The lowest BCUT2D eigenvalue weighted by Gasteiger charge is -2.20. The van der Waals surface area contributed by atoms with Crippen LogP contribution in [-0.4, -0.2) is 32.6 Å². The van der Waals surface area contributed by atoms with Crippen LogP contribution >= 0.6 is 11.3 Å². The number of rotatable bonds is 6. The predicted molar refractivity (Wildman–Crippen MR) is 133 cm³/mol. The van der Waals surface area contributed by atoms with E-state index in [1.807, 2.05) is 12.3 Å². The molecule has 0 amide bonds. The second kappa shape index (κ2) is 10.1. The number of aryl methyl sites for hydroxylation is 3. The summed E-state index contributed by atoms with van der Waals surface area (Å²) in [6.45, 7) is 10.6. The Bertz CT molecular complexity index is 1170. The smallest absolute Gasteiger partial charge is 0.125 e. The van der Waals surface area contributed by atoms with Crippen molar-refractivity contribution in [3.05, 3.63) is 78.2 Å². The molecule has 3 aromatic rings. The molecule has 0 aliphatic heterocycles. The summed E-state index contributed by atoms with van der Waals surface area (Å²) >= 11 is 1.69. The number of pyridine rings is 1. The van der Waals surface area contributed by atoms with Gasteiger partial charge in [-0.25, -0.2) is 4.98 Å². The molecule has 2 N–H and O–H groups in total. The maximum absolute atomic E-state index is 5.83.